The van der Waals surface area contributed by atoms with Crippen LogP contribution in [-0.4, -0.2) is 64.5 Å². The van der Waals surface area contributed by atoms with Crippen molar-refractivity contribution in [2.45, 2.75) is 50.8 Å². The fraction of sp³-hybridized carbons (Fsp3) is 0.394. The van der Waals surface area contributed by atoms with Gasteiger partial charge in [-0.2, -0.15) is 18.4 Å². The van der Waals surface area contributed by atoms with Crippen LogP contribution in [-0.2, 0) is 4.79 Å². The van der Waals surface area contributed by atoms with Crippen LogP contribution in [0, 0.1) is 30.5 Å². The van der Waals surface area contributed by atoms with Gasteiger partial charge in [-0.15, -0.1) is 5.10 Å². The van der Waals surface area contributed by atoms with Gasteiger partial charge in [-0.25, -0.2) is 13.9 Å². The number of halogens is 4. The summed E-state index contributed by atoms with van der Waals surface area (Å²) in [5.41, 5.74) is 2.44. The molecule has 47 heavy (non-hydrogen) atoms. The van der Waals surface area contributed by atoms with Gasteiger partial charge in [0.25, 0.3) is 0 Å². The number of nitriles is 1. The average Bonchev–Trinajstić information content (AvgIpc) is 3.44. The summed E-state index contributed by atoms with van der Waals surface area (Å²) in [6.07, 6.45) is 4.06. The third-order valence-corrected chi connectivity index (χ3v) is 7.88. The molecule has 1 fully saturated rings. The van der Waals surface area contributed by atoms with E-state index >= 15 is 0 Å². The van der Waals surface area contributed by atoms with E-state index in [2.05, 4.69) is 22.4 Å². The SMILES string of the molecule is COc1cc(N2CCC(C)(O)CC2)ccc1-n1nc(NCC2CC=CCC2)cc1-c1ccc(C#N)c(F)c1.O=C(O)C(F)(F)F.[CH3-].[Cs+]. The molecule has 3 N–H and O–H groups in total. The van der Waals surface area contributed by atoms with E-state index < -0.39 is 23.6 Å². The Morgan fingerprint density at radius 2 is 1.85 bits per heavy atom. The van der Waals surface area contributed by atoms with E-state index in [4.69, 9.17) is 19.7 Å². The van der Waals surface area contributed by atoms with Crippen molar-refractivity contribution in [3.8, 4) is 28.8 Å². The van der Waals surface area contributed by atoms with Crippen LogP contribution in [0.1, 0.15) is 44.6 Å². The number of methoxy groups -OCH3 is 1. The second-order valence-electron chi connectivity index (χ2n) is 11.3. The van der Waals surface area contributed by atoms with Crippen molar-refractivity contribution in [3.05, 3.63) is 73.4 Å². The molecule has 2 aliphatic rings. The molecule has 2 aromatic carbocycles. The van der Waals surface area contributed by atoms with E-state index in [0.29, 0.717) is 41.6 Å². The summed E-state index contributed by atoms with van der Waals surface area (Å²) < 4.78 is 53.9. The number of nitrogens with zero attached hydrogens (tertiary/aromatic N) is 4. The molecule has 2 heterocycles. The molecule has 5 rings (SSSR count). The molecular weight excluding hydrogens is 739 g/mol. The van der Waals surface area contributed by atoms with Gasteiger partial charge < -0.3 is 32.6 Å². The Kier molecular flexibility index (Phi) is 15.4. The summed E-state index contributed by atoms with van der Waals surface area (Å²) in [6, 6.07) is 14.4. The number of allylic oxidation sites excluding steroid dienone is 2. The summed E-state index contributed by atoms with van der Waals surface area (Å²) in [4.78, 5) is 11.1. The predicted molar refractivity (Wildman–Crippen MR) is 167 cm³/mol. The van der Waals surface area contributed by atoms with Crippen LogP contribution in [0.2, 0.25) is 0 Å². The van der Waals surface area contributed by atoms with Crippen LogP contribution in [0.15, 0.2) is 54.6 Å². The number of rotatable bonds is 7. The number of hydrogen-bond acceptors (Lipinski definition) is 7. The monoisotopic (exact) mass is 777 g/mol. The van der Waals surface area contributed by atoms with Crippen molar-refractivity contribution in [1.29, 1.82) is 5.26 Å². The van der Waals surface area contributed by atoms with Gasteiger partial charge in [0.2, 0.25) is 0 Å². The van der Waals surface area contributed by atoms with E-state index in [0.717, 1.165) is 50.3 Å². The summed E-state index contributed by atoms with van der Waals surface area (Å²) in [7, 11) is 1.63. The van der Waals surface area contributed by atoms with Crippen LogP contribution in [0.25, 0.3) is 16.9 Å². The molecule has 248 valence electrons. The van der Waals surface area contributed by atoms with Gasteiger partial charge in [-0.1, -0.05) is 18.2 Å². The molecule has 1 aliphatic heterocycles. The number of carbonyl (C=O) groups is 1. The number of aromatic nitrogens is 2. The summed E-state index contributed by atoms with van der Waals surface area (Å²) in [5.74, 6) is -1.44. The van der Waals surface area contributed by atoms with E-state index in [9.17, 15) is 27.9 Å². The third-order valence-electron chi connectivity index (χ3n) is 7.88. The van der Waals surface area contributed by atoms with E-state index in [1.807, 2.05) is 37.3 Å². The number of hydrogen-bond donors (Lipinski definition) is 3. The van der Waals surface area contributed by atoms with Crippen molar-refractivity contribution >= 4 is 17.5 Å². The van der Waals surface area contributed by atoms with Crippen LogP contribution in [0.4, 0.5) is 29.1 Å². The average molecular weight is 778 g/mol. The molecule has 1 aliphatic carbocycles. The van der Waals surface area contributed by atoms with Gasteiger partial charge in [-0.05, 0) is 69.2 Å². The molecule has 1 saturated heterocycles. The van der Waals surface area contributed by atoms with Crippen molar-refractivity contribution in [1.82, 2.24) is 9.78 Å². The Morgan fingerprint density at radius 3 is 2.40 bits per heavy atom. The number of aliphatic carboxylic acids is 1. The first kappa shape index (κ1) is 40.7. The fourth-order valence-corrected chi connectivity index (χ4v) is 5.20. The molecule has 0 radical (unpaired) electrons. The first-order valence-electron chi connectivity index (χ1n) is 14.5. The first-order valence-corrected chi connectivity index (χ1v) is 14.5. The van der Waals surface area contributed by atoms with Gasteiger partial charge in [0, 0.05) is 43.0 Å². The zero-order chi connectivity index (χ0) is 32.8. The zero-order valence-corrected chi connectivity index (χ0v) is 33.2. The van der Waals surface area contributed by atoms with E-state index in [1.165, 1.54) is 12.1 Å². The maximum atomic E-state index is 14.6. The largest absolute Gasteiger partial charge is 1.00 e. The molecule has 0 amide bonds. The molecule has 0 bridgehead atoms. The van der Waals surface area contributed by atoms with Gasteiger partial charge in [0.1, 0.15) is 29.1 Å². The minimum absolute atomic E-state index is 0. The molecular formula is C33H38CsF4N5O4. The Hall–Kier alpha value is -2.52. The summed E-state index contributed by atoms with van der Waals surface area (Å²) in [6.45, 7) is 4.21. The second kappa shape index (κ2) is 17.8. The molecule has 3 aromatic rings. The first-order chi connectivity index (χ1) is 21.3. The summed E-state index contributed by atoms with van der Waals surface area (Å²) >= 11 is 0. The van der Waals surface area contributed by atoms with Gasteiger partial charge in [0.05, 0.1) is 24.0 Å². The maximum Gasteiger partial charge on any atom is 1.00 e. The van der Waals surface area contributed by atoms with Gasteiger partial charge in [0.15, 0.2) is 0 Å². The van der Waals surface area contributed by atoms with Crippen LogP contribution < -0.4 is 83.8 Å². The fourth-order valence-electron chi connectivity index (χ4n) is 5.20. The molecule has 1 aromatic heterocycles. The Bertz CT molecular complexity index is 1580. The smallest absolute Gasteiger partial charge is 0.494 e. The Morgan fingerprint density at radius 1 is 1.17 bits per heavy atom. The number of piperidine rings is 1. The zero-order valence-electron chi connectivity index (χ0n) is 26.9. The van der Waals surface area contributed by atoms with Crippen LogP contribution >= 0.6 is 0 Å². The number of aliphatic hydroxyl groups is 1. The van der Waals surface area contributed by atoms with Crippen molar-refractivity contribution in [3.63, 3.8) is 0 Å². The van der Waals surface area contributed by atoms with Crippen molar-refractivity contribution in [2.24, 2.45) is 5.92 Å². The van der Waals surface area contributed by atoms with Crippen molar-refractivity contribution < 1.29 is 106 Å². The molecule has 1 unspecified atom stereocenters. The quantitative estimate of drug-likeness (QED) is 0.189. The van der Waals surface area contributed by atoms with E-state index in [-0.39, 0.29) is 81.9 Å². The number of nitrogens with one attached hydrogen (secondary N) is 1. The molecule has 0 spiro atoms. The topological polar surface area (TPSA) is 124 Å². The third kappa shape index (κ3) is 11.0. The number of carboxylic acid groups (broad SMARTS) is 1. The molecule has 1 atom stereocenters. The molecule has 14 heteroatoms. The number of ether oxygens (including phenoxy) is 1. The normalized spacial score (nSPS) is 16.8. The summed E-state index contributed by atoms with van der Waals surface area (Å²) in [5, 5.41) is 35.0. The maximum absolute atomic E-state index is 14.6. The van der Waals surface area contributed by atoms with Gasteiger partial charge in [-0.3, -0.25) is 0 Å². The minimum Gasteiger partial charge on any atom is -0.494 e. The van der Waals surface area contributed by atoms with E-state index in [1.54, 1.807) is 17.9 Å². The molecule has 0 saturated carbocycles. The van der Waals surface area contributed by atoms with Crippen LogP contribution in [0.5, 0.6) is 5.75 Å². The predicted octanol–water partition coefficient (Wildman–Crippen LogP) is 3.77. The van der Waals surface area contributed by atoms with Crippen LogP contribution in [0.3, 0.4) is 0 Å². The minimum atomic E-state index is -5.08. The number of alkyl halides is 3. The number of carboxylic acids is 1. The second-order valence-corrected chi connectivity index (χ2v) is 11.3. The molecule has 9 nitrogen and oxygen atoms in total. The Balaban J connectivity index is 0.000000771. The number of anilines is 2. The van der Waals surface area contributed by atoms with Crippen molar-refractivity contribution in [2.75, 3.05) is 37.0 Å². The standard InChI is InChI=1S/C30H34FN5O2.C2HF3O2.CH3.Cs/c1-30(37)12-14-35(15-13-30)24-10-11-26(28(17-24)38-2)36-27(22-8-9-23(19-32)25(31)16-22)18-29(34-36)33-20-21-6-4-3-5-7-21;3-2(4,5)1(6)7;;/h3-4,8-11,16-18,21,37H,5-7,12-15,20H2,1-2H3,(H,33,34);(H,6,7);1H3;/q;;-1;+1. The van der Waals surface area contributed by atoms with Gasteiger partial charge >= 0.3 is 81.0 Å². The number of benzene rings is 2. The Labute approximate surface area is 331 Å².